The molecule has 1 aliphatic heterocycles. The molecule has 1 fully saturated rings. The Morgan fingerprint density at radius 2 is 1.71 bits per heavy atom. The van der Waals surface area contributed by atoms with Crippen LogP contribution >= 0.6 is 11.3 Å². The molecule has 0 saturated carbocycles. The van der Waals surface area contributed by atoms with Gasteiger partial charge in [-0.2, -0.15) is 0 Å². The van der Waals surface area contributed by atoms with Gasteiger partial charge in [-0.15, -0.1) is 11.3 Å². The molecule has 6 nitrogen and oxygen atoms in total. The van der Waals surface area contributed by atoms with Crippen molar-refractivity contribution in [2.75, 3.05) is 16.8 Å². The smallest absolute Gasteiger partial charge is 0.312 e. The molecule has 2 amide bonds. The highest BCUT2D eigenvalue weighted by Crippen LogP contribution is 2.43. The van der Waals surface area contributed by atoms with Crippen LogP contribution in [0.25, 0.3) is 0 Å². The van der Waals surface area contributed by atoms with Crippen LogP contribution in [0.1, 0.15) is 39.6 Å². The largest absolute Gasteiger partial charge is 0.455 e. The van der Waals surface area contributed by atoms with Crippen LogP contribution < -0.4 is 10.2 Å². The van der Waals surface area contributed by atoms with E-state index in [4.69, 9.17) is 4.74 Å². The first kappa shape index (κ1) is 23.7. The summed E-state index contributed by atoms with van der Waals surface area (Å²) >= 11 is 1.49. The number of ether oxygens (including phenoxy) is 1. The van der Waals surface area contributed by atoms with Gasteiger partial charge in [0.05, 0.1) is 12.0 Å². The van der Waals surface area contributed by atoms with E-state index in [1.54, 1.807) is 4.90 Å². The van der Waals surface area contributed by atoms with Gasteiger partial charge in [0, 0.05) is 22.7 Å². The van der Waals surface area contributed by atoms with Crippen molar-refractivity contribution < 1.29 is 19.1 Å². The number of hydrogen-bond donors (Lipinski definition) is 1. The van der Waals surface area contributed by atoms with Gasteiger partial charge in [0.25, 0.3) is 5.91 Å². The number of benzene rings is 2. The third-order valence-corrected chi connectivity index (χ3v) is 7.00. The topological polar surface area (TPSA) is 75.7 Å². The van der Waals surface area contributed by atoms with Crippen LogP contribution in [0, 0.1) is 33.6 Å². The van der Waals surface area contributed by atoms with Crippen molar-refractivity contribution in [3.8, 4) is 0 Å². The fourth-order valence-corrected chi connectivity index (χ4v) is 5.42. The van der Waals surface area contributed by atoms with Crippen molar-refractivity contribution in [3.63, 3.8) is 0 Å². The standard InChI is InChI=1S/C27H28N2O4S/c1-16-7-9-20(10-8-16)29-24(31)14-21(26(29)22-6-5-11-34-22)27(32)33-15-23(30)28-25-18(3)12-17(2)13-19(25)4/h5-13,21,26H,14-15H2,1-4H3,(H,28,30)/t21-,26+/m0/s1. The summed E-state index contributed by atoms with van der Waals surface area (Å²) in [5.41, 5.74) is 5.57. The van der Waals surface area contributed by atoms with Crippen molar-refractivity contribution >= 4 is 40.5 Å². The molecule has 2 heterocycles. The summed E-state index contributed by atoms with van der Waals surface area (Å²) in [5.74, 6) is -1.78. The molecule has 2 aromatic carbocycles. The predicted octanol–water partition coefficient (Wildman–Crippen LogP) is 5.26. The molecule has 7 heteroatoms. The van der Waals surface area contributed by atoms with Gasteiger partial charge in [-0.1, -0.05) is 41.5 Å². The molecular formula is C27H28N2O4S. The maximum atomic E-state index is 13.1. The molecule has 1 N–H and O–H groups in total. The fraction of sp³-hybridized carbons (Fsp3) is 0.296. The second kappa shape index (κ2) is 9.81. The van der Waals surface area contributed by atoms with Gasteiger partial charge < -0.3 is 15.0 Å². The van der Waals surface area contributed by atoms with E-state index in [1.807, 2.05) is 81.6 Å². The van der Waals surface area contributed by atoms with E-state index < -0.39 is 30.4 Å². The summed E-state index contributed by atoms with van der Waals surface area (Å²) in [7, 11) is 0. The molecule has 0 spiro atoms. The van der Waals surface area contributed by atoms with Gasteiger partial charge in [-0.25, -0.2) is 0 Å². The van der Waals surface area contributed by atoms with E-state index >= 15 is 0 Å². The van der Waals surface area contributed by atoms with Gasteiger partial charge in [-0.3, -0.25) is 14.4 Å². The van der Waals surface area contributed by atoms with Crippen molar-refractivity contribution in [2.24, 2.45) is 5.92 Å². The van der Waals surface area contributed by atoms with Gasteiger partial charge >= 0.3 is 5.97 Å². The van der Waals surface area contributed by atoms with E-state index in [1.165, 1.54) is 11.3 Å². The Labute approximate surface area is 203 Å². The van der Waals surface area contributed by atoms with E-state index in [0.29, 0.717) is 0 Å². The molecular weight excluding hydrogens is 448 g/mol. The van der Waals surface area contributed by atoms with Crippen LogP contribution in [0.15, 0.2) is 53.9 Å². The van der Waals surface area contributed by atoms with E-state index in [9.17, 15) is 14.4 Å². The van der Waals surface area contributed by atoms with Gasteiger partial charge in [-0.05, 0) is 62.4 Å². The van der Waals surface area contributed by atoms with Crippen molar-refractivity contribution in [3.05, 3.63) is 81.0 Å². The maximum absolute atomic E-state index is 13.1. The number of hydrogen-bond acceptors (Lipinski definition) is 5. The molecule has 3 aromatic rings. The highest BCUT2D eigenvalue weighted by atomic mass is 32.1. The average molecular weight is 477 g/mol. The van der Waals surface area contributed by atoms with Crippen LogP contribution in [0.5, 0.6) is 0 Å². The summed E-state index contributed by atoms with van der Waals surface area (Å²) in [4.78, 5) is 41.2. The van der Waals surface area contributed by atoms with Crippen LogP contribution in [0.4, 0.5) is 11.4 Å². The van der Waals surface area contributed by atoms with E-state index in [-0.39, 0.29) is 12.3 Å². The Balaban J connectivity index is 1.49. The van der Waals surface area contributed by atoms with Crippen LogP contribution in [0.2, 0.25) is 0 Å². The number of esters is 1. The van der Waals surface area contributed by atoms with Crippen molar-refractivity contribution in [1.82, 2.24) is 0 Å². The molecule has 176 valence electrons. The van der Waals surface area contributed by atoms with Crippen molar-refractivity contribution in [1.29, 1.82) is 0 Å². The zero-order valence-corrected chi connectivity index (χ0v) is 20.6. The molecule has 0 unspecified atom stereocenters. The Morgan fingerprint density at radius 3 is 2.32 bits per heavy atom. The highest BCUT2D eigenvalue weighted by molar-refractivity contribution is 7.10. The number of amides is 2. The summed E-state index contributed by atoms with van der Waals surface area (Å²) in [6.45, 7) is 7.43. The lowest BCUT2D eigenvalue weighted by Crippen LogP contribution is -2.31. The Morgan fingerprint density at radius 1 is 1.03 bits per heavy atom. The summed E-state index contributed by atoms with van der Waals surface area (Å²) in [5, 5.41) is 4.77. The minimum Gasteiger partial charge on any atom is -0.455 e. The second-order valence-electron chi connectivity index (χ2n) is 8.80. The minimum atomic E-state index is -0.692. The molecule has 34 heavy (non-hydrogen) atoms. The predicted molar refractivity (Wildman–Crippen MR) is 134 cm³/mol. The number of thiophene rings is 1. The third-order valence-electron chi connectivity index (χ3n) is 6.06. The monoisotopic (exact) mass is 476 g/mol. The van der Waals surface area contributed by atoms with Gasteiger partial charge in [0.1, 0.15) is 0 Å². The lowest BCUT2D eigenvalue weighted by Gasteiger charge is -2.27. The number of anilines is 2. The normalized spacial score (nSPS) is 17.6. The SMILES string of the molecule is Cc1ccc(N2C(=O)C[C@H](C(=O)OCC(=O)Nc3c(C)cc(C)cc3C)[C@@H]2c2cccs2)cc1. The molecule has 4 rings (SSSR count). The van der Waals surface area contributed by atoms with Crippen LogP contribution in [0.3, 0.4) is 0 Å². The first-order chi connectivity index (χ1) is 16.2. The zero-order valence-electron chi connectivity index (χ0n) is 19.8. The molecule has 2 atom stereocenters. The molecule has 1 aromatic heterocycles. The molecule has 0 aliphatic carbocycles. The summed E-state index contributed by atoms with van der Waals surface area (Å²) in [6, 6.07) is 15.0. The number of nitrogens with zero attached hydrogens (tertiary/aromatic N) is 1. The Bertz CT molecular complexity index is 1190. The van der Waals surface area contributed by atoms with E-state index in [0.717, 1.165) is 38.5 Å². The van der Waals surface area contributed by atoms with Gasteiger partial charge in [0.15, 0.2) is 6.61 Å². The average Bonchev–Trinajstić information content (AvgIpc) is 3.43. The number of nitrogens with one attached hydrogen (secondary N) is 1. The molecule has 1 aliphatic rings. The first-order valence-electron chi connectivity index (χ1n) is 11.2. The quantitative estimate of drug-likeness (QED) is 0.493. The fourth-order valence-electron chi connectivity index (χ4n) is 4.54. The summed E-state index contributed by atoms with van der Waals surface area (Å²) in [6.07, 6.45) is 0.0348. The van der Waals surface area contributed by atoms with Crippen LogP contribution in [-0.2, 0) is 19.1 Å². The Kier molecular flexibility index (Phi) is 6.84. The number of rotatable bonds is 6. The second-order valence-corrected chi connectivity index (χ2v) is 9.78. The molecule has 0 radical (unpaired) electrons. The minimum absolute atomic E-state index is 0.0348. The Hall–Kier alpha value is -3.45. The number of carbonyl (C=O) groups is 3. The number of carbonyl (C=O) groups excluding carboxylic acids is 3. The lowest BCUT2D eigenvalue weighted by molar-refractivity contribution is -0.152. The highest BCUT2D eigenvalue weighted by Gasteiger charge is 2.46. The first-order valence-corrected chi connectivity index (χ1v) is 12.1. The maximum Gasteiger partial charge on any atom is 0.312 e. The zero-order chi connectivity index (χ0) is 24.4. The summed E-state index contributed by atoms with van der Waals surface area (Å²) < 4.78 is 5.42. The third kappa shape index (κ3) is 4.89. The van der Waals surface area contributed by atoms with Gasteiger partial charge in [0.2, 0.25) is 5.91 Å². The lowest BCUT2D eigenvalue weighted by atomic mass is 9.99. The molecule has 1 saturated heterocycles. The van der Waals surface area contributed by atoms with E-state index in [2.05, 4.69) is 5.32 Å². The number of aryl methyl sites for hydroxylation is 4. The molecule has 0 bridgehead atoms. The van der Waals surface area contributed by atoms with Crippen molar-refractivity contribution in [2.45, 2.75) is 40.2 Å². The van der Waals surface area contributed by atoms with Crippen LogP contribution in [-0.4, -0.2) is 24.4 Å².